The second-order valence-electron chi connectivity index (χ2n) is 6.77. The number of carbonyl (C=O) groups excluding carboxylic acids is 2. The Morgan fingerprint density at radius 3 is 2.89 bits per heavy atom. The highest BCUT2D eigenvalue weighted by molar-refractivity contribution is 5.89. The quantitative estimate of drug-likeness (QED) is 0.833. The van der Waals surface area contributed by atoms with E-state index in [4.69, 9.17) is 0 Å². The van der Waals surface area contributed by atoms with Crippen LogP contribution in [0.15, 0.2) is 18.2 Å². The Hall–Kier alpha value is -2.45. The SMILES string of the molecule is O=C(CN1CCCc2cc(OC(F)(F)F)ccc21)NC1CCCCNC1=O. The third-order valence-electron chi connectivity index (χ3n) is 4.70. The number of carbonyl (C=O) groups is 2. The van der Waals surface area contributed by atoms with Crippen molar-refractivity contribution in [1.29, 1.82) is 0 Å². The maximum atomic E-state index is 12.4. The highest BCUT2D eigenvalue weighted by atomic mass is 19.4. The Morgan fingerprint density at radius 2 is 2.11 bits per heavy atom. The van der Waals surface area contributed by atoms with Crippen LogP contribution in [0, 0.1) is 0 Å². The molecule has 2 heterocycles. The van der Waals surface area contributed by atoms with Crippen molar-refractivity contribution >= 4 is 17.5 Å². The smallest absolute Gasteiger partial charge is 0.406 e. The molecule has 6 nitrogen and oxygen atoms in total. The van der Waals surface area contributed by atoms with Crippen LogP contribution < -0.4 is 20.3 Å². The van der Waals surface area contributed by atoms with E-state index in [1.165, 1.54) is 12.1 Å². The minimum absolute atomic E-state index is 0.0518. The zero-order chi connectivity index (χ0) is 19.4. The molecule has 1 aromatic rings. The number of rotatable bonds is 4. The number of fused-ring (bicyclic) bond motifs is 1. The summed E-state index contributed by atoms with van der Waals surface area (Å²) in [6.07, 6.45) is -1.04. The van der Waals surface area contributed by atoms with Crippen LogP contribution in [-0.2, 0) is 16.0 Å². The number of nitrogens with one attached hydrogen (secondary N) is 2. The number of amides is 2. The van der Waals surface area contributed by atoms with E-state index >= 15 is 0 Å². The minimum atomic E-state index is -4.73. The molecular weight excluding hydrogens is 363 g/mol. The van der Waals surface area contributed by atoms with E-state index in [1.807, 2.05) is 4.90 Å². The molecule has 0 bridgehead atoms. The molecule has 0 aromatic heterocycles. The first-order valence-corrected chi connectivity index (χ1v) is 9.02. The van der Waals surface area contributed by atoms with Crippen molar-refractivity contribution < 1.29 is 27.5 Å². The van der Waals surface area contributed by atoms with Crippen LogP contribution >= 0.6 is 0 Å². The van der Waals surface area contributed by atoms with E-state index in [1.54, 1.807) is 6.07 Å². The van der Waals surface area contributed by atoms with Gasteiger partial charge in [-0.25, -0.2) is 0 Å². The fraction of sp³-hybridized carbons (Fsp3) is 0.556. The Bertz CT molecular complexity index is 709. The molecule has 2 aliphatic rings. The summed E-state index contributed by atoms with van der Waals surface area (Å²) in [5, 5.41) is 5.53. The number of nitrogens with zero attached hydrogens (tertiary/aromatic N) is 1. The van der Waals surface area contributed by atoms with E-state index in [2.05, 4.69) is 15.4 Å². The van der Waals surface area contributed by atoms with Crippen molar-refractivity contribution in [2.24, 2.45) is 0 Å². The zero-order valence-corrected chi connectivity index (χ0v) is 14.8. The number of hydrogen-bond donors (Lipinski definition) is 2. The molecule has 0 radical (unpaired) electrons. The summed E-state index contributed by atoms with van der Waals surface area (Å²) in [7, 11) is 0. The fourth-order valence-electron chi connectivity index (χ4n) is 3.50. The van der Waals surface area contributed by atoms with E-state index < -0.39 is 12.4 Å². The van der Waals surface area contributed by atoms with E-state index in [0.29, 0.717) is 31.5 Å². The topological polar surface area (TPSA) is 70.7 Å². The third kappa shape index (κ3) is 5.27. The van der Waals surface area contributed by atoms with Gasteiger partial charge in [-0.3, -0.25) is 9.59 Å². The van der Waals surface area contributed by atoms with E-state index in [0.717, 1.165) is 24.9 Å². The molecule has 0 aliphatic carbocycles. The molecule has 1 fully saturated rings. The zero-order valence-electron chi connectivity index (χ0n) is 14.8. The lowest BCUT2D eigenvalue weighted by Gasteiger charge is -2.31. The first kappa shape index (κ1) is 19.3. The summed E-state index contributed by atoms with van der Waals surface area (Å²) < 4.78 is 41.1. The highest BCUT2D eigenvalue weighted by Gasteiger charge is 2.32. The molecule has 1 atom stereocenters. The number of anilines is 1. The van der Waals surface area contributed by atoms with Gasteiger partial charge in [0.2, 0.25) is 11.8 Å². The molecule has 1 aromatic carbocycles. The Morgan fingerprint density at radius 1 is 1.30 bits per heavy atom. The maximum Gasteiger partial charge on any atom is 0.573 e. The average Bonchev–Trinajstić information content (AvgIpc) is 2.78. The number of benzene rings is 1. The Labute approximate surface area is 155 Å². The Balaban J connectivity index is 1.65. The fourth-order valence-corrected chi connectivity index (χ4v) is 3.50. The first-order valence-electron chi connectivity index (χ1n) is 9.02. The molecular formula is C18H22F3N3O3. The molecule has 9 heteroatoms. The van der Waals surface area contributed by atoms with Crippen molar-refractivity contribution in [3.05, 3.63) is 23.8 Å². The molecule has 3 rings (SSSR count). The summed E-state index contributed by atoms with van der Waals surface area (Å²) in [5.41, 5.74) is 1.43. The molecule has 1 saturated heterocycles. The largest absolute Gasteiger partial charge is 0.573 e. The summed E-state index contributed by atoms with van der Waals surface area (Å²) in [4.78, 5) is 26.2. The van der Waals surface area contributed by atoms with Gasteiger partial charge in [-0.1, -0.05) is 0 Å². The molecule has 0 spiro atoms. The predicted molar refractivity (Wildman–Crippen MR) is 92.5 cm³/mol. The number of ether oxygens (including phenoxy) is 1. The van der Waals surface area contributed by atoms with Gasteiger partial charge in [0.25, 0.3) is 0 Å². The van der Waals surface area contributed by atoms with Crippen LogP contribution in [-0.4, -0.2) is 43.9 Å². The van der Waals surface area contributed by atoms with Crippen LogP contribution in [0.5, 0.6) is 5.75 Å². The standard InChI is InChI=1S/C18H22F3N3O3/c19-18(20,21)27-13-6-7-15-12(10-13)4-3-9-24(15)11-16(25)23-14-5-1-2-8-22-17(14)26/h6-7,10,14H,1-5,8-9,11H2,(H,22,26)(H,23,25). The van der Waals surface area contributed by atoms with Crippen molar-refractivity contribution in [1.82, 2.24) is 10.6 Å². The minimum Gasteiger partial charge on any atom is -0.406 e. The van der Waals surface area contributed by atoms with Crippen molar-refractivity contribution in [3.8, 4) is 5.75 Å². The summed E-state index contributed by atoms with van der Waals surface area (Å²) in [6, 6.07) is 3.63. The van der Waals surface area contributed by atoms with E-state index in [9.17, 15) is 22.8 Å². The molecule has 148 valence electrons. The lowest BCUT2D eigenvalue weighted by molar-refractivity contribution is -0.274. The van der Waals surface area contributed by atoms with Gasteiger partial charge >= 0.3 is 6.36 Å². The monoisotopic (exact) mass is 385 g/mol. The predicted octanol–water partition coefficient (Wildman–Crippen LogP) is 2.12. The van der Waals surface area contributed by atoms with Crippen molar-refractivity contribution in [2.75, 3.05) is 24.5 Å². The summed E-state index contributed by atoms with van der Waals surface area (Å²) >= 11 is 0. The first-order chi connectivity index (χ1) is 12.8. The molecule has 2 N–H and O–H groups in total. The van der Waals surface area contributed by atoms with Crippen LogP contribution in [0.2, 0.25) is 0 Å². The molecule has 27 heavy (non-hydrogen) atoms. The third-order valence-corrected chi connectivity index (χ3v) is 4.70. The highest BCUT2D eigenvalue weighted by Crippen LogP contribution is 2.32. The van der Waals surface area contributed by atoms with Crippen LogP contribution in [0.3, 0.4) is 0 Å². The summed E-state index contributed by atoms with van der Waals surface area (Å²) in [5.74, 6) is -0.711. The van der Waals surface area contributed by atoms with Crippen LogP contribution in [0.4, 0.5) is 18.9 Å². The average molecular weight is 385 g/mol. The molecule has 1 unspecified atom stereocenters. The van der Waals surface area contributed by atoms with Gasteiger partial charge in [0.05, 0.1) is 6.54 Å². The number of hydrogen-bond acceptors (Lipinski definition) is 4. The van der Waals surface area contributed by atoms with Gasteiger partial charge in [0.1, 0.15) is 11.8 Å². The van der Waals surface area contributed by atoms with Gasteiger partial charge < -0.3 is 20.3 Å². The van der Waals surface area contributed by atoms with Crippen LogP contribution in [0.25, 0.3) is 0 Å². The maximum absolute atomic E-state index is 12.4. The van der Waals surface area contributed by atoms with Crippen molar-refractivity contribution in [3.63, 3.8) is 0 Å². The lowest BCUT2D eigenvalue weighted by Crippen LogP contribution is -2.49. The van der Waals surface area contributed by atoms with Crippen LogP contribution in [0.1, 0.15) is 31.2 Å². The second-order valence-corrected chi connectivity index (χ2v) is 6.77. The van der Waals surface area contributed by atoms with Crippen molar-refractivity contribution in [2.45, 2.75) is 44.5 Å². The van der Waals surface area contributed by atoms with Gasteiger partial charge in [-0.2, -0.15) is 0 Å². The lowest BCUT2D eigenvalue weighted by atomic mass is 10.0. The number of aryl methyl sites for hydroxylation is 1. The molecule has 0 saturated carbocycles. The molecule has 2 aliphatic heterocycles. The normalized spacial score (nSPS) is 20.3. The van der Waals surface area contributed by atoms with E-state index in [-0.39, 0.29) is 24.1 Å². The number of alkyl halides is 3. The summed E-state index contributed by atoms with van der Waals surface area (Å²) in [6.45, 7) is 1.29. The number of halogens is 3. The second kappa shape index (κ2) is 8.06. The van der Waals surface area contributed by atoms with Gasteiger partial charge in [0.15, 0.2) is 0 Å². The van der Waals surface area contributed by atoms with Gasteiger partial charge in [0, 0.05) is 18.8 Å². The Kier molecular flexibility index (Phi) is 5.76. The van der Waals surface area contributed by atoms with Gasteiger partial charge in [-0.05, 0) is 55.9 Å². The molecule has 2 amide bonds. The van der Waals surface area contributed by atoms with Gasteiger partial charge in [-0.15, -0.1) is 13.2 Å².